The molecule has 0 radical (unpaired) electrons. The Morgan fingerprint density at radius 3 is 2.44 bits per heavy atom. The van der Waals surface area contributed by atoms with Gasteiger partial charge in [0.1, 0.15) is 11.5 Å². The monoisotopic (exact) mass is 517 g/mol. The van der Waals surface area contributed by atoms with E-state index in [0.29, 0.717) is 46.4 Å². The zero-order valence-electron chi connectivity index (χ0n) is 20.0. The molecule has 4 rings (SSSR count). The molecule has 1 saturated heterocycles. The number of amides is 1. The SMILES string of the molecule is CCC(C)C(=O)NC1CCN(c2cnc(-c3ccc(C(F)(F)F)cc3)c(-c3ccncc3Cl)n2)CC1. The van der Waals surface area contributed by atoms with Crippen LogP contribution in [0, 0.1) is 5.92 Å². The average Bonchev–Trinajstić information content (AvgIpc) is 2.88. The van der Waals surface area contributed by atoms with Crippen molar-refractivity contribution < 1.29 is 18.0 Å². The second-order valence-electron chi connectivity index (χ2n) is 8.94. The Kier molecular flexibility index (Phi) is 7.78. The van der Waals surface area contributed by atoms with E-state index in [2.05, 4.69) is 20.2 Å². The van der Waals surface area contributed by atoms with E-state index in [1.165, 1.54) is 18.3 Å². The van der Waals surface area contributed by atoms with E-state index in [0.717, 1.165) is 31.4 Å². The number of alkyl halides is 3. The normalized spacial score (nSPS) is 15.6. The van der Waals surface area contributed by atoms with Crippen molar-refractivity contribution in [2.24, 2.45) is 5.92 Å². The second kappa shape index (κ2) is 10.8. The smallest absolute Gasteiger partial charge is 0.355 e. The number of pyridine rings is 1. The molecule has 1 aliphatic rings. The summed E-state index contributed by atoms with van der Waals surface area (Å²) in [5.74, 6) is 0.700. The van der Waals surface area contributed by atoms with Gasteiger partial charge in [0, 0.05) is 48.6 Å². The summed E-state index contributed by atoms with van der Waals surface area (Å²) in [6.07, 6.45) is 2.62. The van der Waals surface area contributed by atoms with Crippen molar-refractivity contribution in [3.63, 3.8) is 0 Å². The van der Waals surface area contributed by atoms with E-state index in [9.17, 15) is 18.0 Å². The van der Waals surface area contributed by atoms with E-state index < -0.39 is 11.7 Å². The van der Waals surface area contributed by atoms with E-state index in [1.807, 2.05) is 13.8 Å². The second-order valence-corrected chi connectivity index (χ2v) is 9.34. The van der Waals surface area contributed by atoms with Gasteiger partial charge in [0.05, 0.1) is 22.5 Å². The molecule has 1 atom stereocenters. The lowest BCUT2D eigenvalue weighted by Crippen LogP contribution is -2.46. The summed E-state index contributed by atoms with van der Waals surface area (Å²) in [4.78, 5) is 27.8. The van der Waals surface area contributed by atoms with Gasteiger partial charge < -0.3 is 10.2 Å². The van der Waals surface area contributed by atoms with Crippen LogP contribution in [0.15, 0.2) is 48.9 Å². The van der Waals surface area contributed by atoms with Crippen molar-refractivity contribution in [3.8, 4) is 22.5 Å². The van der Waals surface area contributed by atoms with Gasteiger partial charge in [-0.05, 0) is 37.5 Å². The lowest BCUT2D eigenvalue weighted by molar-refractivity contribution is -0.137. The molecule has 1 N–H and O–H groups in total. The summed E-state index contributed by atoms with van der Waals surface area (Å²) in [6, 6.07) is 6.65. The zero-order valence-corrected chi connectivity index (χ0v) is 20.8. The number of aromatic nitrogens is 3. The van der Waals surface area contributed by atoms with E-state index in [-0.39, 0.29) is 17.9 Å². The molecule has 2 aromatic heterocycles. The Hall–Kier alpha value is -3.20. The minimum atomic E-state index is -4.43. The Balaban J connectivity index is 1.61. The fourth-order valence-corrected chi connectivity index (χ4v) is 4.31. The van der Waals surface area contributed by atoms with Crippen molar-refractivity contribution in [1.82, 2.24) is 20.3 Å². The van der Waals surface area contributed by atoms with Crippen LogP contribution in [0.25, 0.3) is 22.5 Å². The summed E-state index contributed by atoms with van der Waals surface area (Å²) in [7, 11) is 0. The Morgan fingerprint density at radius 2 is 1.83 bits per heavy atom. The minimum absolute atomic E-state index is 0.0145. The van der Waals surface area contributed by atoms with Crippen LogP contribution in [0.5, 0.6) is 0 Å². The fourth-order valence-electron chi connectivity index (χ4n) is 4.10. The molecule has 190 valence electrons. The first kappa shape index (κ1) is 25.9. The van der Waals surface area contributed by atoms with Crippen LogP contribution < -0.4 is 10.2 Å². The first-order valence-corrected chi connectivity index (χ1v) is 12.2. The summed E-state index contributed by atoms with van der Waals surface area (Å²) in [5, 5.41) is 3.49. The molecule has 0 aliphatic carbocycles. The van der Waals surface area contributed by atoms with Gasteiger partial charge in [-0.1, -0.05) is 37.6 Å². The third-order valence-electron chi connectivity index (χ3n) is 6.50. The Morgan fingerprint density at radius 1 is 1.14 bits per heavy atom. The van der Waals surface area contributed by atoms with Crippen molar-refractivity contribution in [1.29, 1.82) is 0 Å². The molecule has 3 aromatic rings. The first-order chi connectivity index (χ1) is 17.2. The van der Waals surface area contributed by atoms with E-state index in [4.69, 9.17) is 16.6 Å². The average molecular weight is 518 g/mol. The van der Waals surface area contributed by atoms with Crippen LogP contribution >= 0.6 is 11.6 Å². The highest BCUT2D eigenvalue weighted by atomic mass is 35.5. The summed E-state index contributed by atoms with van der Waals surface area (Å²) >= 11 is 6.41. The van der Waals surface area contributed by atoms with Gasteiger partial charge in [0.15, 0.2) is 0 Å². The molecule has 6 nitrogen and oxygen atoms in total. The lowest BCUT2D eigenvalue weighted by Gasteiger charge is -2.33. The molecule has 3 heterocycles. The van der Waals surface area contributed by atoms with E-state index in [1.54, 1.807) is 18.5 Å². The summed E-state index contributed by atoms with van der Waals surface area (Å²) in [6.45, 7) is 5.28. The number of carbonyl (C=O) groups excluding carboxylic acids is 1. The molecular formula is C26H27ClF3N5O. The zero-order chi connectivity index (χ0) is 25.9. The van der Waals surface area contributed by atoms with Crippen LogP contribution in [0.3, 0.4) is 0 Å². The highest BCUT2D eigenvalue weighted by molar-refractivity contribution is 6.33. The molecule has 1 aliphatic heterocycles. The molecule has 0 bridgehead atoms. The van der Waals surface area contributed by atoms with Crippen LogP contribution in [0.2, 0.25) is 5.02 Å². The molecular weight excluding hydrogens is 491 g/mol. The number of piperidine rings is 1. The third kappa shape index (κ3) is 5.78. The molecule has 1 unspecified atom stereocenters. The molecule has 0 saturated carbocycles. The number of nitrogens with zero attached hydrogens (tertiary/aromatic N) is 4. The number of carbonyl (C=O) groups is 1. The molecule has 1 amide bonds. The lowest BCUT2D eigenvalue weighted by atomic mass is 10.0. The highest BCUT2D eigenvalue weighted by Gasteiger charge is 2.30. The summed E-state index contributed by atoms with van der Waals surface area (Å²) < 4.78 is 39.2. The number of halogens is 4. The molecule has 1 aromatic carbocycles. The van der Waals surface area contributed by atoms with Crippen LogP contribution in [0.4, 0.5) is 19.0 Å². The van der Waals surface area contributed by atoms with Gasteiger partial charge in [0.25, 0.3) is 0 Å². The number of anilines is 1. The molecule has 36 heavy (non-hydrogen) atoms. The quantitative estimate of drug-likeness (QED) is 0.433. The Labute approximate surface area is 212 Å². The maximum absolute atomic E-state index is 13.1. The van der Waals surface area contributed by atoms with Gasteiger partial charge in [0.2, 0.25) is 5.91 Å². The maximum Gasteiger partial charge on any atom is 0.416 e. The van der Waals surface area contributed by atoms with Gasteiger partial charge in [-0.25, -0.2) is 4.98 Å². The number of benzene rings is 1. The van der Waals surface area contributed by atoms with Crippen molar-refractivity contribution in [2.75, 3.05) is 18.0 Å². The van der Waals surface area contributed by atoms with Gasteiger partial charge in [-0.15, -0.1) is 0 Å². The predicted octanol–water partition coefficient (Wildman–Crippen LogP) is 6.01. The number of rotatable bonds is 6. The minimum Gasteiger partial charge on any atom is -0.355 e. The van der Waals surface area contributed by atoms with Crippen molar-refractivity contribution >= 4 is 23.3 Å². The standard InChI is InChI=1S/C26H27ClF3N5O/c1-3-16(2)25(36)33-19-9-12-35(13-10-19)22-15-32-23(17-4-6-18(7-5-17)26(28,29)30)24(34-22)20-8-11-31-14-21(20)27/h4-8,11,14-16,19H,3,9-10,12-13H2,1-2H3,(H,33,36). The van der Waals surface area contributed by atoms with Crippen LogP contribution in [0.1, 0.15) is 38.7 Å². The molecule has 10 heteroatoms. The number of hydrogen-bond donors (Lipinski definition) is 1. The highest BCUT2D eigenvalue weighted by Crippen LogP contribution is 2.36. The van der Waals surface area contributed by atoms with Gasteiger partial charge in [-0.3, -0.25) is 14.8 Å². The predicted molar refractivity (Wildman–Crippen MR) is 134 cm³/mol. The third-order valence-corrected chi connectivity index (χ3v) is 6.80. The number of hydrogen-bond acceptors (Lipinski definition) is 5. The summed E-state index contributed by atoms with van der Waals surface area (Å²) in [5.41, 5.74) is 1.24. The van der Waals surface area contributed by atoms with Crippen molar-refractivity contribution in [2.45, 2.75) is 45.3 Å². The van der Waals surface area contributed by atoms with E-state index >= 15 is 0 Å². The van der Waals surface area contributed by atoms with Gasteiger partial charge in [-0.2, -0.15) is 13.2 Å². The van der Waals surface area contributed by atoms with Crippen LogP contribution in [-0.4, -0.2) is 40.0 Å². The largest absolute Gasteiger partial charge is 0.416 e. The van der Waals surface area contributed by atoms with Crippen LogP contribution in [-0.2, 0) is 11.0 Å². The molecule has 1 fully saturated rings. The fraction of sp³-hybridized carbons (Fsp3) is 0.385. The number of nitrogens with one attached hydrogen (secondary N) is 1. The maximum atomic E-state index is 13.1. The van der Waals surface area contributed by atoms with Crippen molar-refractivity contribution in [3.05, 3.63) is 59.5 Å². The first-order valence-electron chi connectivity index (χ1n) is 11.9. The van der Waals surface area contributed by atoms with Gasteiger partial charge >= 0.3 is 6.18 Å². The molecule has 0 spiro atoms. The topological polar surface area (TPSA) is 71.0 Å². The Bertz CT molecular complexity index is 1210.